The molecule has 0 unspecified atom stereocenters. The van der Waals surface area contributed by atoms with E-state index in [1.807, 2.05) is 11.8 Å². The summed E-state index contributed by atoms with van der Waals surface area (Å²) in [5.41, 5.74) is 0. The van der Waals surface area contributed by atoms with Crippen LogP contribution in [-0.2, 0) is 10.9 Å². The summed E-state index contributed by atoms with van der Waals surface area (Å²) in [4.78, 5) is 1.79. The Morgan fingerprint density at radius 1 is 1.30 bits per heavy atom. The standard InChI is InChI=1S/C8H13S2/c1-2-6-10(5-1)8-3-4-9-7-8/h7H,1-6H2/q+1. The van der Waals surface area contributed by atoms with Gasteiger partial charge in [-0.2, -0.15) is 0 Å². The lowest BCUT2D eigenvalue weighted by Crippen LogP contribution is -2.04. The van der Waals surface area contributed by atoms with Gasteiger partial charge in [-0.3, -0.25) is 0 Å². The van der Waals surface area contributed by atoms with E-state index < -0.39 is 0 Å². The van der Waals surface area contributed by atoms with E-state index in [2.05, 4.69) is 5.41 Å². The third-order valence-electron chi connectivity index (χ3n) is 2.08. The van der Waals surface area contributed by atoms with Crippen LogP contribution in [0.5, 0.6) is 0 Å². The maximum Gasteiger partial charge on any atom is 0.139 e. The number of hydrogen-bond donors (Lipinski definition) is 0. The summed E-state index contributed by atoms with van der Waals surface area (Å²) in [5.74, 6) is 4.37. The fraction of sp³-hybridized carbons (Fsp3) is 0.750. The minimum Gasteiger partial charge on any atom is -0.129 e. The largest absolute Gasteiger partial charge is 0.139 e. The van der Waals surface area contributed by atoms with Crippen molar-refractivity contribution < 1.29 is 0 Å². The summed E-state index contributed by atoms with van der Waals surface area (Å²) in [7, 11) is 0.738. The highest BCUT2D eigenvalue weighted by atomic mass is 32.2. The summed E-state index contributed by atoms with van der Waals surface area (Å²) in [6, 6.07) is 0. The number of hydrogen-bond acceptors (Lipinski definition) is 1. The fourth-order valence-electron chi connectivity index (χ4n) is 1.50. The summed E-state index contributed by atoms with van der Waals surface area (Å²) >= 11 is 2.01. The van der Waals surface area contributed by atoms with E-state index in [0.29, 0.717) is 0 Å². The molecule has 0 aromatic heterocycles. The van der Waals surface area contributed by atoms with Gasteiger partial charge in [-0.15, -0.1) is 11.8 Å². The molecule has 0 nitrogen and oxygen atoms in total. The van der Waals surface area contributed by atoms with Crippen molar-refractivity contribution in [1.82, 2.24) is 0 Å². The maximum atomic E-state index is 2.43. The molecule has 0 aliphatic carbocycles. The number of rotatable bonds is 1. The molecule has 0 amide bonds. The maximum absolute atomic E-state index is 2.43. The van der Waals surface area contributed by atoms with Crippen molar-refractivity contribution in [3.63, 3.8) is 0 Å². The number of thioether (sulfide) groups is 1. The second-order valence-corrected chi connectivity index (χ2v) is 6.12. The van der Waals surface area contributed by atoms with Crippen LogP contribution in [0.25, 0.3) is 0 Å². The molecule has 0 aromatic carbocycles. The van der Waals surface area contributed by atoms with Crippen molar-refractivity contribution in [2.45, 2.75) is 19.3 Å². The van der Waals surface area contributed by atoms with Gasteiger partial charge in [-0.05, 0) is 12.8 Å². The van der Waals surface area contributed by atoms with Crippen molar-refractivity contribution in [3.05, 3.63) is 10.3 Å². The molecule has 2 heteroatoms. The van der Waals surface area contributed by atoms with Gasteiger partial charge in [0, 0.05) is 28.5 Å². The minimum atomic E-state index is 0.738. The Bertz CT molecular complexity index is 145. The quantitative estimate of drug-likeness (QED) is 0.549. The molecular formula is C8H13S2+. The van der Waals surface area contributed by atoms with Crippen LogP contribution in [0.1, 0.15) is 19.3 Å². The Morgan fingerprint density at radius 3 is 2.70 bits per heavy atom. The summed E-state index contributed by atoms with van der Waals surface area (Å²) in [5, 5.41) is 2.43. The molecule has 2 heterocycles. The highest BCUT2D eigenvalue weighted by molar-refractivity contribution is 8.05. The van der Waals surface area contributed by atoms with E-state index >= 15 is 0 Å². The van der Waals surface area contributed by atoms with Crippen molar-refractivity contribution in [2.24, 2.45) is 0 Å². The van der Waals surface area contributed by atoms with Crippen molar-refractivity contribution >= 4 is 22.7 Å². The van der Waals surface area contributed by atoms with Gasteiger partial charge in [0.1, 0.15) is 16.4 Å². The van der Waals surface area contributed by atoms with Crippen LogP contribution in [0, 0.1) is 0 Å². The molecule has 2 aliphatic rings. The monoisotopic (exact) mass is 173 g/mol. The molecule has 56 valence electrons. The van der Waals surface area contributed by atoms with Gasteiger partial charge in [-0.25, -0.2) is 0 Å². The molecule has 0 radical (unpaired) electrons. The Labute approximate surface area is 69.8 Å². The first-order valence-electron chi connectivity index (χ1n) is 3.95. The third-order valence-corrected chi connectivity index (χ3v) is 5.75. The van der Waals surface area contributed by atoms with Gasteiger partial charge in [0.25, 0.3) is 0 Å². The van der Waals surface area contributed by atoms with Gasteiger partial charge in [0.2, 0.25) is 0 Å². The third kappa shape index (κ3) is 1.37. The van der Waals surface area contributed by atoms with Gasteiger partial charge in [0.15, 0.2) is 0 Å². The minimum absolute atomic E-state index is 0.738. The molecule has 2 rings (SSSR count). The van der Waals surface area contributed by atoms with Gasteiger partial charge >= 0.3 is 0 Å². The highest BCUT2D eigenvalue weighted by Crippen LogP contribution is 2.31. The van der Waals surface area contributed by atoms with Crippen LogP contribution < -0.4 is 0 Å². The smallest absolute Gasteiger partial charge is 0.129 e. The first kappa shape index (κ1) is 7.11. The molecule has 10 heavy (non-hydrogen) atoms. The lowest BCUT2D eigenvalue weighted by atomic mass is 10.4. The van der Waals surface area contributed by atoms with Crippen LogP contribution in [-0.4, -0.2) is 17.3 Å². The zero-order chi connectivity index (χ0) is 6.81. The van der Waals surface area contributed by atoms with E-state index in [9.17, 15) is 0 Å². The van der Waals surface area contributed by atoms with Crippen molar-refractivity contribution in [1.29, 1.82) is 0 Å². The van der Waals surface area contributed by atoms with Crippen molar-refractivity contribution in [2.75, 3.05) is 17.3 Å². The lowest BCUT2D eigenvalue weighted by Gasteiger charge is -1.97. The molecule has 0 N–H and O–H groups in total. The first-order valence-corrected chi connectivity index (χ1v) is 6.56. The summed E-state index contributed by atoms with van der Waals surface area (Å²) < 4.78 is 0. The number of allylic oxidation sites excluding steroid dienone is 1. The average molecular weight is 173 g/mol. The highest BCUT2D eigenvalue weighted by Gasteiger charge is 2.30. The summed E-state index contributed by atoms with van der Waals surface area (Å²) in [6.45, 7) is 0. The van der Waals surface area contributed by atoms with Crippen LogP contribution in [0.4, 0.5) is 0 Å². The second kappa shape index (κ2) is 3.22. The van der Waals surface area contributed by atoms with E-state index in [0.717, 1.165) is 10.9 Å². The second-order valence-electron chi connectivity index (χ2n) is 2.81. The predicted molar refractivity (Wildman–Crippen MR) is 51.5 cm³/mol. The molecule has 0 bridgehead atoms. The zero-order valence-electron chi connectivity index (χ0n) is 6.14. The van der Waals surface area contributed by atoms with Gasteiger partial charge in [0.05, 0.1) is 0 Å². The SMILES string of the molecule is C1=C([S+]2CCCC2)CCS1. The normalized spacial score (nSPS) is 27.4. The van der Waals surface area contributed by atoms with Gasteiger partial charge in [-0.1, -0.05) is 0 Å². The van der Waals surface area contributed by atoms with E-state index in [-0.39, 0.29) is 0 Å². The Morgan fingerprint density at radius 2 is 2.10 bits per heavy atom. The zero-order valence-corrected chi connectivity index (χ0v) is 7.77. The molecule has 0 saturated carbocycles. The molecule has 2 aliphatic heterocycles. The summed E-state index contributed by atoms with van der Waals surface area (Å²) in [6.07, 6.45) is 4.38. The predicted octanol–water partition coefficient (Wildman–Crippen LogP) is 2.38. The molecule has 1 fully saturated rings. The molecule has 0 atom stereocenters. The Kier molecular flexibility index (Phi) is 2.29. The fourth-order valence-corrected chi connectivity index (χ4v) is 5.36. The first-order chi connectivity index (χ1) is 4.97. The topological polar surface area (TPSA) is 0 Å². The van der Waals surface area contributed by atoms with Crippen LogP contribution in [0.3, 0.4) is 0 Å². The van der Waals surface area contributed by atoms with E-state index in [1.165, 1.54) is 36.5 Å². The molecular weight excluding hydrogens is 160 g/mol. The van der Waals surface area contributed by atoms with Crippen LogP contribution >= 0.6 is 11.8 Å². The molecule has 1 saturated heterocycles. The van der Waals surface area contributed by atoms with E-state index in [1.54, 1.807) is 4.91 Å². The van der Waals surface area contributed by atoms with E-state index in [4.69, 9.17) is 0 Å². The lowest BCUT2D eigenvalue weighted by molar-refractivity contribution is 0.949. The Hall–Kier alpha value is 0.440. The molecule has 0 aromatic rings. The van der Waals surface area contributed by atoms with Crippen molar-refractivity contribution in [3.8, 4) is 0 Å². The molecule has 0 spiro atoms. The van der Waals surface area contributed by atoms with Crippen LogP contribution in [0.2, 0.25) is 0 Å². The Balaban J connectivity index is 1.97. The van der Waals surface area contributed by atoms with Gasteiger partial charge < -0.3 is 0 Å². The van der Waals surface area contributed by atoms with Crippen LogP contribution in [0.15, 0.2) is 10.3 Å². The average Bonchev–Trinajstić information content (AvgIpc) is 2.59.